The van der Waals surface area contributed by atoms with E-state index < -0.39 is 0 Å². The molecule has 0 radical (unpaired) electrons. The second-order valence-corrected chi connectivity index (χ2v) is 4.82. The average molecular weight is 247 g/mol. The van der Waals surface area contributed by atoms with Crippen molar-refractivity contribution < 1.29 is 4.74 Å². The molecule has 4 nitrogen and oxygen atoms in total. The van der Waals surface area contributed by atoms with E-state index >= 15 is 0 Å². The molecule has 1 aromatic heterocycles. The number of fused-ring (bicyclic) bond motifs is 1. The highest BCUT2D eigenvalue weighted by atomic mass is 16.5. The third-order valence-electron chi connectivity index (χ3n) is 3.44. The summed E-state index contributed by atoms with van der Waals surface area (Å²) in [6, 6.07) is 6.00. The Morgan fingerprint density at radius 3 is 2.89 bits per heavy atom. The Balaban J connectivity index is 2.26. The van der Waals surface area contributed by atoms with Gasteiger partial charge in [0.2, 0.25) is 0 Å². The summed E-state index contributed by atoms with van der Waals surface area (Å²) in [5, 5.41) is 0. The summed E-state index contributed by atoms with van der Waals surface area (Å²) in [7, 11) is 3.73. The minimum absolute atomic E-state index is 0.541. The van der Waals surface area contributed by atoms with Crippen LogP contribution in [0.3, 0.4) is 0 Å². The van der Waals surface area contributed by atoms with Gasteiger partial charge in [0.25, 0.3) is 0 Å². The number of hydrogen-bond acceptors (Lipinski definition) is 3. The van der Waals surface area contributed by atoms with E-state index in [9.17, 15) is 0 Å². The standard InChI is InChI=1S/C14H21N3O/c1-10(9-15)4-7-14-16-12-8-11(18-3)5-6-13(12)17(14)2/h5-6,8,10H,4,7,9,15H2,1-3H3. The van der Waals surface area contributed by atoms with E-state index in [1.54, 1.807) is 7.11 Å². The van der Waals surface area contributed by atoms with Crippen LogP contribution in [0.2, 0.25) is 0 Å². The van der Waals surface area contributed by atoms with Crippen LogP contribution in [0.25, 0.3) is 11.0 Å². The number of aryl methyl sites for hydroxylation is 2. The van der Waals surface area contributed by atoms with E-state index in [1.165, 1.54) is 0 Å². The number of benzene rings is 1. The van der Waals surface area contributed by atoms with E-state index in [2.05, 4.69) is 29.6 Å². The van der Waals surface area contributed by atoms with Crippen LogP contribution in [-0.2, 0) is 13.5 Å². The van der Waals surface area contributed by atoms with Crippen LogP contribution in [0.4, 0.5) is 0 Å². The van der Waals surface area contributed by atoms with Gasteiger partial charge in [0.1, 0.15) is 11.6 Å². The van der Waals surface area contributed by atoms with Gasteiger partial charge in [-0.3, -0.25) is 0 Å². The van der Waals surface area contributed by atoms with Gasteiger partial charge in [0.05, 0.1) is 18.1 Å². The molecule has 4 heteroatoms. The first-order valence-corrected chi connectivity index (χ1v) is 6.35. The molecule has 1 aromatic carbocycles. The van der Waals surface area contributed by atoms with Gasteiger partial charge in [-0.1, -0.05) is 6.92 Å². The molecule has 1 heterocycles. The van der Waals surface area contributed by atoms with Crippen LogP contribution in [-0.4, -0.2) is 23.2 Å². The van der Waals surface area contributed by atoms with E-state index in [1.807, 2.05) is 12.1 Å². The lowest BCUT2D eigenvalue weighted by atomic mass is 10.1. The van der Waals surface area contributed by atoms with E-state index in [0.717, 1.165) is 42.0 Å². The predicted octanol–water partition coefficient (Wildman–Crippen LogP) is 2.11. The normalized spacial score (nSPS) is 12.9. The quantitative estimate of drug-likeness (QED) is 0.880. The van der Waals surface area contributed by atoms with Gasteiger partial charge in [0.15, 0.2) is 0 Å². The van der Waals surface area contributed by atoms with E-state index in [0.29, 0.717) is 5.92 Å². The maximum Gasteiger partial charge on any atom is 0.121 e. The highest BCUT2D eigenvalue weighted by Gasteiger charge is 2.09. The fourth-order valence-corrected chi connectivity index (χ4v) is 2.07. The third kappa shape index (κ3) is 2.48. The fourth-order valence-electron chi connectivity index (χ4n) is 2.07. The van der Waals surface area contributed by atoms with Crippen LogP contribution >= 0.6 is 0 Å². The molecule has 0 amide bonds. The Hall–Kier alpha value is -1.55. The number of ether oxygens (including phenoxy) is 1. The van der Waals surface area contributed by atoms with Crippen molar-refractivity contribution in [2.75, 3.05) is 13.7 Å². The first kappa shape index (κ1) is 12.9. The molecule has 0 aliphatic heterocycles. The molecular formula is C14H21N3O. The maximum absolute atomic E-state index is 5.64. The first-order valence-electron chi connectivity index (χ1n) is 6.35. The van der Waals surface area contributed by atoms with Crippen molar-refractivity contribution in [2.45, 2.75) is 19.8 Å². The monoisotopic (exact) mass is 247 g/mol. The second kappa shape index (κ2) is 5.40. The largest absolute Gasteiger partial charge is 0.497 e. The zero-order chi connectivity index (χ0) is 13.1. The lowest BCUT2D eigenvalue weighted by Crippen LogP contribution is -2.12. The SMILES string of the molecule is COc1ccc2c(c1)nc(CCC(C)CN)n2C. The molecule has 18 heavy (non-hydrogen) atoms. The Morgan fingerprint density at radius 1 is 1.44 bits per heavy atom. The Kier molecular flexibility index (Phi) is 3.87. The number of methoxy groups -OCH3 is 1. The number of imidazole rings is 1. The molecule has 1 atom stereocenters. The van der Waals surface area contributed by atoms with Crippen molar-refractivity contribution in [2.24, 2.45) is 18.7 Å². The van der Waals surface area contributed by atoms with Crippen molar-refractivity contribution in [3.63, 3.8) is 0 Å². The average Bonchev–Trinajstić information content (AvgIpc) is 2.72. The van der Waals surface area contributed by atoms with Gasteiger partial charge in [-0.25, -0.2) is 4.98 Å². The summed E-state index contributed by atoms with van der Waals surface area (Å²) in [4.78, 5) is 4.67. The second-order valence-electron chi connectivity index (χ2n) is 4.82. The van der Waals surface area contributed by atoms with Crippen LogP contribution in [0.1, 0.15) is 19.2 Å². The summed E-state index contributed by atoms with van der Waals surface area (Å²) in [6.45, 7) is 2.91. The zero-order valence-electron chi connectivity index (χ0n) is 11.3. The van der Waals surface area contributed by atoms with Crippen molar-refractivity contribution in [3.05, 3.63) is 24.0 Å². The van der Waals surface area contributed by atoms with Crippen LogP contribution in [0.15, 0.2) is 18.2 Å². The number of nitrogens with zero attached hydrogens (tertiary/aromatic N) is 2. The highest BCUT2D eigenvalue weighted by Crippen LogP contribution is 2.21. The van der Waals surface area contributed by atoms with Crippen molar-refractivity contribution >= 4 is 11.0 Å². The van der Waals surface area contributed by atoms with Gasteiger partial charge in [0, 0.05) is 19.5 Å². The molecule has 0 saturated carbocycles. The van der Waals surface area contributed by atoms with Crippen LogP contribution in [0.5, 0.6) is 5.75 Å². The number of aromatic nitrogens is 2. The molecule has 1 unspecified atom stereocenters. The molecule has 0 spiro atoms. The molecule has 2 aromatic rings. The maximum atomic E-state index is 5.64. The van der Waals surface area contributed by atoms with Gasteiger partial charge >= 0.3 is 0 Å². The molecule has 0 saturated heterocycles. The third-order valence-corrected chi connectivity index (χ3v) is 3.44. The summed E-state index contributed by atoms with van der Waals surface area (Å²) in [5.41, 5.74) is 7.78. The fraction of sp³-hybridized carbons (Fsp3) is 0.500. The minimum atomic E-state index is 0.541. The Bertz CT molecular complexity index is 533. The molecule has 0 fully saturated rings. The van der Waals surface area contributed by atoms with Crippen LogP contribution in [0, 0.1) is 5.92 Å². The summed E-state index contributed by atoms with van der Waals surface area (Å²) < 4.78 is 7.37. The molecular weight excluding hydrogens is 226 g/mol. The summed E-state index contributed by atoms with van der Waals surface area (Å²) >= 11 is 0. The van der Waals surface area contributed by atoms with E-state index in [-0.39, 0.29) is 0 Å². The van der Waals surface area contributed by atoms with Gasteiger partial charge in [-0.05, 0) is 31.0 Å². The topological polar surface area (TPSA) is 53.1 Å². The predicted molar refractivity (Wildman–Crippen MR) is 73.8 cm³/mol. The molecule has 2 N–H and O–H groups in total. The Morgan fingerprint density at radius 2 is 2.22 bits per heavy atom. The first-order chi connectivity index (χ1) is 8.65. The van der Waals surface area contributed by atoms with Gasteiger partial charge in [-0.2, -0.15) is 0 Å². The summed E-state index contributed by atoms with van der Waals surface area (Å²) in [5.74, 6) is 2.50. The van der Waals surface area contributed by atoms with Gasteiger partial charge < -0.3 is 15.0 Å². The smallest absolute Gasteiger partial charge is 0.121 e. The minimum Gasteiger partial charge on any atom is -0.497 e. The lowest BCUT2D eigenvalue weighted by molar-refractivity contribution is 0.415. The molecule has 0 aliphatic rings. The molecule has 0 aliphatic carbocycles. The lowest BCUT2D eigenvalue weighted by Gasteiger charge is -2.07. The van der Waals surface area contributed by atoms with Crippen LogP contribution < -0.4 is 10.5 Å². The highest BCUT2D eigenvalue weighted by molar-refractivity contribution is 5.77. The Labute approximate surface area is 108 Å². The molecule has 2 rings (SSSR count). The van der Waals surface area contributed by atoms with Crippen molar-refractivity contribution in [1.29, 1.82) is 0 Å². The number of nitrogens with two attached hydrogens (primary N) is 1. The zero-order valence-corrected chi connectivity index (χ0v) is 11.3. The van der Waals surface area contributed by atoms with Crippen molar-refractivity contribution in [3.8, 4) is 5.75 Å². The number of rotatable bonds is 5. The molecule has 0 bridgehead atoms. The van der Waals surface area contributed by atoms with E-state index in [4.69, 9.17) is 10.5 Å². The summed E-state index contributed by atoms with van der Waals surface area (Å²) in [6.07, 6.45) is 2.04. The van der Waals surface area contributed by atoms with Crippen molar-refractivity contribution in [1.82, 2.24) is 9.55 Å². The molecule has 98 valence electrons. The number of hydrogen-bond donors (Lipinski definition) is 1. The van der Waals surface area contributed by atoms with Gasteiger partial charge in [-0.15, -0.1) is 0 Å².